The number of nitrogens with zero attached hydrogens (tertiary/aromatic N) is 1. The number of sulfonamides is 1. The summed E-state index contributed by atoms with van der Waals surface area (Å²) in [6.45, 7) is 2.37. The van der Waals surface area contributed by atoms with Crippen molar-refractivity contribution >= 4 is 10.0 Å². The second-order valence-electron chi connectivity index (χ2n) is 4.56. The van der Waals surface area contributed by atoms with Crippen molar-refractivity contribution in [3.05, 3.63) is 35.6 Å². The van der Waals surface area contributed by atoms with Crippen molar-refractivity contribution in [1.82, 2.24) is 9.62 Å². The summed E-state index contributed by atoms with van der Waals surface area (Å²) >= 11 is 0. The zero-order valence-electron chi connectivity index (χ0n) is 11.6. The summed E-state index contributed by atoms with van der Waals surface area (Å²) in [6.07, 6.45) is 0.813. The molecular formula is C13H21FN2O2S. The summed E-state index contributed by atoms with van der Waals surface area (Å²) in [5.41, 5.74) is 0.964. The van der Waals surface area contributed by atoms with Gasteiger partial charge in [-0.3, -0.25) is 0 Å². The fraction of sp³-hybridized carbons (Fsp3) is 0.538. The molecule has 4 nitrogen and oxygen atoms in total. The van der Waals surface area contributed by atoms with E-state index in [1.165, 1.54) is 30.5 Å². The molecule has 0 heterocycles. The van der Waals surface area contributed by atoms with Gasteiger partial charge in [0.1, 0.15) is 5.82 Å². The molecule has 1 atom stereocenters. The number of halogens is 1. The standard InChI is InChI=1S/C13H21FN2O2S/c1-4-13(11-5-7-12(14)8-6-11)15-9-10-19(17,18)16(2)3/h5-8,13,15H,4,9-10H2,1-3H3. The summed E-state index contributed by atoms with van der Waals surface area (Å²) in [5, 5.41) is 3.19. The molecule has 0 aliphatic rings. The monoisotopic (exact) mass is 288 g/mol. The lowest BCUT2D eigenvalue weighted by Gasteiger charge is -2.18. The Morgan fingerprint density at radius 2 is 1.84 bits per heavy atom. The quantitative estimate of drug-likeness (QED) is 0.831. The van der Waals surface area contributed by atoms with E-state index in [0.717, 1.165) is 12.0 Å². The van der Waals surface area contributed by atoms with Crippen LogP contribution in [-0.2, 0) is 10.0 Å². The Morgan fingerprint density at radius 3 is 2.32 bits per heavy atom. The molecule has 0 bridgehead atoms. The largest absolute Gasteiger partial charge is 0.309 e. The van der Waals surface area contributed by atoms with Crippen molar-refractivity contribution in [2.45, 2.75) is 19.4 Å². The molecular weight excluding hydrogens is 267 g/mol. The van der Waals surface area contributed by atoms with Gasteiger partial charge in [0, 0.05) is 26.7 Å². The molecule has 1 N–H and O–H groups in total. The van der Waals surface area contributed by atoms with Crippen LogP contribution in [0.2, 0.25) is 0 Å². The minimum atomic E-state index is -3.18. The molecule has 0 amide bonds. The summed E-state index contributed by atoms with van der Waals surface area (Å²) < 4.78 is 37.3. The van der Waals surface area contributed by atoms with Crippen molar-refractivity contribution in [1.29, 1.82) is 0 Å². The Labute approximate surface area is 114 Å². The Morgan fingerprint density at radius 1 is 1.26 bits per heavy atom. The summed E-state index contributed by atoms with van der Waals surface area (Å²) in [7, 11) is -0.139. The van der Waals surface area contributed by atoms with Crippen molar-refractivity contribution in [2.24, 2.45) is 0 Å². The van der Waals surface area contributed by atoms with Gasteiger partial charge >= 0.3 is 0 Å². The highest BCUT2D eigenvalue weighted by atomic mass is 32.2. The van der Waals surface area contributed by atoms with Gasteiger partial charge in [-0.15, -0.1) is 0 Å². The fourth-order valence-corrected chi connectivity index (χ4v) is 2.48. The summed E-state index contributed by atoms with van der Waals surface area (Å²) in [6, 6.07) is 6.30. The van der Waals surface area contributed by atoms with Gasteiger partial charge in [-0.05, 0) is 24.1 Å². The van der Waals surface area contributed by atoms with E-state index in [4.69, 9.17) is 0 Å². The third-order valence-corrected chi connectivity index (χ3v) is 4.82. The van der Waals surface area contributed by atoms with Crippen molar-refractivity contribution in [2.75, 3.05) is 26.4 Å². The van der Waals surface area contributed by atoms with Gasteiger partial charge < -0.3 is 5.32 Å². The van der Waals surface area contributed by atoms with Gasteiger partial charge in [0.15, 0.2) is 0 Å². The predicted molar refractivity (Wildman–Crippen MR) is 74.9 cm³/mol. The molecule has 0 fully saturated rings. The predicted octanol–water partition coefficient (Wildman–Crippen LogP) is 1.76. The van der Waals surface area contributed by atoms with Gasteiger partial charge in [-0.1, -0.05) is 19.1 Å². The van der Waals surface area contributed by atoms with E-state index in [2.05, 4.69) is 5.32 Å². The first kappa shape index (κ1) is 16.1. The Hall–Kier alpha value is -0.980. The van der Waals surface area contributed by atoms with Gasteiger partial charge in [0.25, 0.3) is 0 Å². The molecule has 0 spiro atoms. The van der Waals surface area contributed by atoms with Crippen LogP contribution in [0.5, 0.6) is 0 Å². The molecule has 19 heavy (non-hydrogen) atoms. The molecule has 0 aliphatic heterocycles. The maximum absolute atomic E-state index is 12.8. The second-order valence-corrected chi connectivity index (χ2v) is 6.87. The van der Waals surface area contributed by atoms with Crippen molar-refractivity contribution in [3.8, 4) is 0 Å². The van der Waals surface area contributed by atoms with Crippen LogP contribution in [0.15, 0.2) is 24.3 Å². The molecule has 1 unspecified atom stereocenters. The summed E-state index contributed by atoms with van der Waals surface area (Å²) in [5.74, 6) is -0.216. The van der Waals surface area contributed by atoms with E-state index in [1.807, 2.05) is 6.92 Å². The van der Waals surface area contributed by atoms with Crippen LogP contribution in [-0.4, -0.2) is 39.1 Å². The van der Waals surface area contributed by atoms with E-state index >= 15 is 0 Å². The fourth-order valence-electron chi connectivity index (χ4n) is 1.74. The highest BCUT2D eigenvalue weighted by Crippen LogP contribution is 2.16. The zero-order valence-corrected chi connectivity index (χ0v) is 12.4. The minimum Gasteiger partial charge on any atom is -0.309 e. The van der Waals surface area contributed by atoms with E-state index in [9.17, 15) is 12.8 Å². The van der Waals surface area contributed by atoms with Gasteiger partial charge in [-0.25, -0.2) is 17.1 Å². The highest BCUT2D eigenvalue weighted by Gasteiger charge is 2.15. The van der Waals surface area contributed by atoms with Gasteiger partial charge in [0.2, 0.25) is 10.0 Å². The first-order valence-electron chi connectivity index (χ1n) is 6.26. The third kappa shape index (κ3) is 4.89. The Bertz CT molecular complexity index is 486. The maximum Gasteiger partial charge on any atom is 0.214 e. The zero-order chi connectivity index (χ0) is 14.5. The van der Waals surface area contributed by atoms with Gasteiger partial charge in [0.05, 0.1) is 5.75 Å². The lowest BCUT2D eigenvalue weighted by atomic mass is 10.0. The number of hydrogen-bond donors (Lipinski definition) is 1. The first-order chi connectivity index (χ1) is 8.86. The van der Waals surface area contributed by atoms with Crippen LogP contribution in [0.1, 0.15) is 24.9 Å². The molecule has 1 aromatic rings. The van der Waals surface area contributed by atoms with Crippen LogP contribution in [0.3, 0.4) is 0 Å². The smallest absolute Gasteiger partial charge is 0.214 e. The number of hydrogen-bond acceptors (Lipinski definition) is 3. The normalized spacial score (nSPS) is 13.7. The molecule has 0 radical (unpaired) electrons. The SMILES string of the molecule is CCC(NCCS(=O)(=O)N(C)C)c1ccc(F)cc1. The number of nitrogens with one attached hydrogen (secondary N) is 1. The molecule has 1 aromatic carbocycles. The van der Waals surface area contributed by atoms with E-state index in [0.29, 0.717) is 6.54 Å². The van der Waals surface area contributed by atoms with Crippen LogP contribution < -0.4 is 5.32 Å². The van der Waals surface area contributed by atoms with E-state index in [1.54, 1.807) is 12.1 Å². The topological polar surface area (TPSA) is 49.4 Å². The highest BCUT2D eigenvalue weighted by molar-refractivity contribution is 7.89. The Kier molecular flexibility index (Phi) is 5.90. The lowest BCUT2D eigenvalue weighted by molar-refractivity contribution is 0.502. The number of benzene rings is 1. The summed E-state index contributed by atoms with van der Waals surface area (Å²) in [4.78, 5) is 0. The lowest BCUT2D eigenvalue weighted by Crippen LogP contribution is -2.32. The molecule has 0 aromatic heterocycles. The van der Waals surface area contributed by atoms with Crippen LogP contribution in [0, 0.1) is 5.82 Å². The van der Waals surface area contributed by atoms with Crippen molar-refractivity contribution < 1.29 is 12.8 Å². The van der Waals surface area contributed by atoms with Crippen LogP contribution in [0.25, 0.3) is 0 Å². The maximum atomic E-state index is 12.8. The molecule has 0 saturated carbocycles. The molecule has 6 heteroatoms. The van der Waals surface area contributed by atoms with Gasteiger partial charge in [-0.2, -0.15) is 0 Å². The minimum absolute atomic E-state index is 0.0398. The second kappa shape index (κ2) is 6.98. The molecule has 0 saturated heterocycles. The first-order valence-corrected chi connectivity index (χ1v) is 7.86. The van der Waals surface area contributed by atoms with Crippen LogP contribution >= 0.6 is 0 Å². The number of rotatable bonds is 7. The molecule has 1 rings (SSSR count). The van der Waals surface area contributed by atoms with E-state index in [-0.39, 0.29) is 17.6 Å². The Balaban J connectivity index is 2.57. The molecule has 108 valence electrons. The van der Waals surface area contributed by atoms with Crippen LogP contribution in [0.4, 0.5) is 4.39 Å². The van der Waals surface area contributed by atoms with E-state index < -0.39 is 10.0 Å². The average molecular weight is 288 g/mol. The third-order valence-electron chi connectivity index (χ3n) is 2.99. The average Bonchev–Trinajstić information content (AvgIpc) is 2.36. The van der Waals surface area contributed by atoms with Crippen molar-refractivity contribution in [3.63, 3.8) is 0 Å². The molecule has 0 aliphatic carbocycles.